The molecule has 0 aromatic heterocycles. The predicted molar refractivity (Wildman–Crippen MR) is 76.6 cm³/mol. The van der Waals surface area contributed by atoms with E-state index in [9.17, 15) is 4.79 Å². The van der Waals surface area contributed by atoms with Gasteiger partial charge in [0, 0.05) is 0 Å². The van der Waals surface area contributed by atoms with Crippen LogP contribution in [0, 0.1) is 5.92 Å². The zero-order chi connectivity index (χ0) is 13.8. The highest BCUT2D eigenvalue weighted by molar-refractivity contribution is 5.75. The van der Waals surface area contributed by atoms with E-state index in [1.54, 1.807) is 0 Å². The summed E-state index contributed by atoms with van der Waals surface area (Å²) >= 11 is 0. The molecule has 18 heavy (non-hydrogen) atoms. The minimum absolute atomic E-state index is 0.0929. The molecule has 3 nitrogen and oxygen atoms in total. The highest BCUT2D eigenvalue weighted by Crippen LogP contribution is 2.12. The van der Waals surface area contributed by atoms with Crippen LogP contribution in [-0.2, 0) is 9.53 Å². The largest absolute Gasteiger partial charge is 0.465 e. The fraction of sp³-hybridized carbons (Fsp3) is 0.933. The molecule has 2 atom stereocenters. The Morgan fingerprint density at radius 3 is 2.33 bits per heavy atom. The highest BCUT2D eigenvalue weighted by Gasteiger charge is 2.19. The van der Waals surface area contributed by atoms with Crippen LogP contribution in [0.1, 0.15) is 66.2 Å². The fourth-order valence-corrected chi connectivity index (χ4v) is 2.09. The second-order valence-electron chi connectivity index (χ2n) is 4.92. The van der Waals surface area contributed by atoms with E-state index in [0.29, 0.717) is 12.5 Å². The summed E-state index contributed by atoms with van der Waals surface area (Å²) in [5.74, 6) is 0.587. The van der Waals surface area contributed by atoms with Crippen molar-refractivity contribution in [3.05, 3.63) is 0 Å². The van der Waals surface area contributed by atoms with Crippen LogP contribution in [-0.4, -0.2) is 25.2 Å². The fourth-order valence-electron chi connectivity index (χ4n) is 2.09. The number of hydrogen-bond acceptors (Lipinski definition) is 3. The summed E-state index contributed by atoms with van der Waals surface area (Å²) < 4.78 is 5.10. The van der Waals surface area contributed by atoms with E-state index in [1.165, 1.54) is 25.7 Å². The van der Waals surface area contributed by atoms with Gasteiger partial charge < -0.3 is 10.1 Å². The topological polar surface area (TPSA) is 38.3 Å². The normalized spacial score (nSPS) is 14.2. The third-order valence-electron chi connectivity index (χ3n) is 3.34. The SMILES string of the molecule is CCCCC(CC)CNC(CCC)C(=O)OCC. The molecule has 0 heterocycles. The Kier molecular flexibility index (Phi) is 11.2. The molecule has 0 aliphatic carbocycles. The second kappa shape index (κ2) is 11.5. The van der Waals surface area contributed by atoms with Crippen molar-refractivity contribution >= 4 is 5.97 Å². The van der Waals surface area contributed by atoms with Gasteiger partial charge in [-0.15, -0.1) is 0 Å². The summed E-state index contributed by atoms with van der Waals surface area (Å²) in [4.78, 5) is 11.8. The lowest BCUT2D eigenvalue weighted by molar-refractivity contribution is -0.145. The zero-order valence-electron chi connectivity index (χ0n) is 12.6. The Morgan fingerprint density at radius 2 is 1.83 bits per heavy atom. The van der Waals surface area contributed by atoms with Crippen molar-refractivity contribution in [1.82, 2.24) is 5.32 Å². The molecule has 0 rings (SSSR count). The van der Waals surface area contributed by atoms with E-state index in [1.807, 2.05) is 6.92 Å². The third-order valence-corrected chi connectivity index (χ3v) is 3.34. The molecule has 0 aromatic carbocycles. The van der Waals surface area contributed by atoms with Crippen molar-refractivity contribution in [2.24, 2.45) is 5.92 Å². The smallest absolute Gasteiger partial charge is 0.323 e. The Hall–Kier alpha value is -0.570. The van der Waals surface area contributed by atoms with Crippen LogP contribution in [0.5, 0.6) is 0 Å². The molecule has 0 saturated heterocycles. The first kappa shape index (κ1) is 17.4. The molecule has 3 heteroatoms. The number of esters is 1. The highest BCUT2D eigenvalue weighted by atomic mass is 16.5. The second-order valence-corrected chi connectivity index (χ2v) is 4.92. The van der Waals surface area contributed by atoms with Crippen LogP contribution < -0.4 is 5.32 Å². The summed E-state index contributed by atoms with van der Waals surface area (Å²) in [6.45, 7) is 9.80. The van der Waals surface area contributed by atoms with Gasteiger partial charge >= 0.3 is 5.97 Å². The summed E-state index contributed by atoms with van der Waals surface area (Å²) in [5, 5.41) is 3.39. The molecular formula is C15H31NO2. The predicted octanol–water partition coefficient (Wildman–Crippen LogP) is 3.52. The average Bonchev–Trinajstić information content (AvgIpc) is 2.37. The van der Waals surface area contributed by atoms with E-state index >= 15 is 0 Å². The lowest BCUT2D eigenvalue weighted by Crippen LogP contribution is -2.40. The molecule has 2 unspecified atom stereocenters. The molecular weight excluding hydrogens is 226 g/mol. The van der Waals surface area contributed by atoms with Crippen molar-refractivity contribution in [2.75, 3.05) is 13.2 Å². The summed E-state index contributed by atoms with van der Waals surface area (Å²) in [7, 11) is 0. The van der Waals surface area contributed by atoms with Crippen molar-refractivity contribution < 1.29 is 9.53 Å². The maximum Gasteiger partial charge on any atom is 0.323 e. The van der Waals surface area contributed by atoms with Crippen LogP contribution in [0.3, 0.4) is 0 Å². The molecule has 0 amide bonds. The molecule has 0 aliphatic rings. The number of nitrogens with one attached hydrogen (secondary N) is 1. The van der Waals surface area contributed by atoms with Crippen LogP contribution in [0.25, 0.3) is 0 Å². The van der Waals surface area contributed by atoms with Gasteiger partial charge in [-0.3, -0.25) is 4.79 Å². The van der Waals surface area contributed by atoms with E-state index in [4.69, 9.17) is 4.74 Å². The number of rotatable bonds is 11. The van der Waals surface area contributed by atoms with Gasteiger partial charge in [0.15, 0.2) is 0 Å². The van der Waals surface area contributed by atoms with Gasteiger partial charge in [0.1, 0.15) is 6.04 Å². The van der Waals surface area contributed by atoms with Gasteiger partial charge in [-0.1, -0.05) is 46.5 Å². The quantitative estimate of drug-likeness (QED) is 0.575. The van der Waals surface area contributed by atoms with Crippen LogP contribution in [0.2, 0.25) is 0 Å². The van der Waals surface area contributed by atoms with Crippen molar-refractivity contribution in [1.29, 1.82) is 0 Å². The van der Waals surface area contributed by atoms with Gasteiger partial charge in [0.05, 0.1) is 6.61 Å². The molecule has 0 radical (unpaired) electrons. The summed E-state index contributed by atoms with van der Waals surface area (Å²) in [5.41, 5.74) is 0. The van der Waals surface area contributed by atoms with E-state index in [-0.39, 0.29) is 12.0 Å². The van der Waals surface area contributed by atoms with Crippen LogP contribution >= 0.6 is 0 Å². The van der Waals surface area contributed by atoms with E-state index in [2.05, 4.69) is 26.1 Å². The number of carbonyl (C=O) groups is 1. The van der Waals surface area contributed by atoms with E-state index < -0.39 is 0 Å². The van der Waals surface area contributed by atoms with Crippen molar-refractivity contribution in [3.8, 4) is 0 Å². The molecule has 0 fully saturated rings. The minimum Gasteiger partial charge on any atom is -0.465 e. The number of unbranched alkanes of at least 4 members (excludes halogenated alkanes) is 1. The number of carbonyl (C=O) groups excluding carboxylic acids is 1. The first-order valence-electron chi connectivity index (χ1n) is 7.59. The Labute approximate surface area is 113 Å². The van der Waals surface area contributed by atoms with Gasteiger partial charge in [-0.2, -0.15) is 0 Å². The Bertz CT molecular complexity index is 207. The van der Waals surface area contributed by atoms with Crippen LogP contribution in [0.4, 0.5) is 0 Å². The molecule has 0 saturated carbocycles. The average molecular weight is 257 g/mol. The summed E-state index contributed by atoms with van der Waals surface area (Å²) in [6.07, 6.45) is 6.81. The lowest BCUT2D eigenvalue weighted by Gasteiger charge is -2.21. The Morgan fingerprint density at radius 1 is 1.11 bits per heavy atom. The summed E-state index contributed by atoms with van der Waals surface area (Å²) in [6, 6.07) is -0.120. The van der Waals surface area contributed by atoms with Gasteiger partial charge in [0.25, 0.3) is 0 Å². The van der Waals surface area contributed by atoms with Gasteiger partial charge in [-0.25, -0.2) is 0 Å². The monoisotopic (exact) mass is 257 g/mol. The maximum atomic E-state index is 11.8. The molecule has 0 aliphatic heterocycles. The zero-order valence-corrected chi connectivity index (χ0v) is 12.6. The maximum absolute atomic E-state index is 11.8. The first-order valence-corrected chi connectivity index (χ1v) is 7.59. The first-order chi connectivity index (χ1) is 8.69. The molecule has 1 N–H and O–H groups in total. The van der Waals surface area contributed by atoms with Gasteiger partial charge in [-0.05, 0) is 32.2 Å². The number of ether oxygens (including phenoxy) is 1. The lowest BCUT2D eigenvalue weighted by atomic mass is 9.98. The van der Waals surface area contributed by atoms with Crippen LogP contribution in [0.15, 0.2) is 0 Å². The van der Waals surface area contributed by atoms with Crippen molar-refractivity contribution in [2.45, 2.75) is 72.3 Å². The standard InChI is InChI=1S/C15H31NO2/c1-5-9-11-13(7-3)12-16-14(10-6-2)15(17)18-8-4/h13-14,16H,5-12H2,1-4H3. The molecule has 0 bridgehead atoms. The number of hydrogen-bond donors (Lipinski definition) is 1. The molecule has 108 valence electrons. The third kappa shape index (κ3) is 7.70. The molecule has 0 spiro atoms. The molecule has 0 aromatic rings. The van der Waals surface area contributed by atoms with E-state index in [0.717, 1.165) is 19.4 Å². The van der Waals surface area contributed by atoms with Gasteiger partial charge in [0.2, 0.25) is 0 Å². The van der Waals surface area contributed by atoms with Crippen molar-refractivity contribution in [3.63, 3.8) is 0 Å². The Balaban J connectivity index is 4.10. The minimum atomic E-state index is -0.120.